The van der Waals surface area contributed by atoms with Gasteiger partial charge in [-0.2, -0.15) is 10.1 Å². The monoisotopic (exact) mass is 387 g/mol. The average Bonchev–Trinajstić information content (AvgIpc) is 2.71. The van der Waals surface area contributed by atoms with Crippen LogP contribution in [0.15, 0.2) is 59.7 Å². The third-order valence-electron chi connectivity index (χ3n) is 4.99. The molecule has 1 aliphatic heterocycles. The standard InChI is InChI=1S/C22H17N3O4/c1-13(2)15-8-6-14(7-9-15)12-23-24-21(26)17-5-3-4-16-19(25(28)29)11-10-18(20(16)17)22(24)27/h3-13H,1-2H3/b23-12-. The van der Waals surface area contributed by atoms with Crippen LogP contribution in [0.3, 0.4) is 0 Å². The van der Waals surface area contributed by atoms with Crippen LogP contribution < -0.4 is 0 Å². The Bertz CT molecular complexity index is 1170. The molecule has 1 heterocycles. The molecule has 0 spiro atoms. The number of nitrogens with zero attached hydrogens (tertiary/aromatic N) is 3. The Labute approximate surface area is 166 Å². The maximum atomic E-state index is 12.9. The van der Waals surface area contributed by atoms with Crippen LogP contribution in [0.4, 0.5) is 5.69 Å². The van der Waals surface area contributed by atoms with Crippen LogP contribution in [0.5, 0.6) is 0 Å². The highest BCUT2D eigenvalue weighted by molar-refractivity contribution is 6.26. The van der Waals surface area contributed by atoms with Crippen LogP contribution in [0.25, 0.3) is 10.8 Å². The zero-order valence-electron chi connectivity index (χ0n) is 15.8. The van der Waals surface area contributed by atoms with E-state index >= 15 is 0 Å². The van der Waals surface area contributed by atoms with E-state index < -0.39 is 16.7 Å². The van der Waals surface area contributed by atoms with Crippen LogP contribution in [0.1, 0.15) is 51.6 Å². The molecule has 3 aromatic rings. The maximum absolute atomic E-state index is 12.9. The molecule has 0 N–H and O–H groups in total. The van der Waals surface area contributed by atoms with Crippen molar-refractivity contribution in [3.05, 3.63) is 87.0 Å². The topological polar surface area (TPSA) is 92.9 Å². The predicted octanol–water partition coefficient (Wildman–Crippen LogP) is 4.50. The third-order valence-corrected chi connectivity index (χ3v) is 4.99. The molecule has 0 saturated carbocycles. The number of imide groups is 1. The van der Waals surface area contributed by atoms with Gasteiger partial charge in [-0.1, -0.05) is 44.2 Å². The van der Waals surface area contributed by atoms with Crippen LogP contribution in [-0.2, 0) is 0 Å². The first-order valence-corrected chi connectivity index (χ1v) is 9.11. The summed E-state index contributed by atoms with van der Waals surface area (Å²) < 4.78 is 0. The number of amides is 2. The lowest BCUT2D eigenvalue weighted by Crippen LogP contribution is -2.36. The SMILES string of the molecule is CC(C)c1ccc(/C=N\N2C(=O)c3cccc4c([N+](=O)[O-])ccc(c34)C2=O)cc1. The van der Waals surface area contributed by atoms with Crippen molar-refractivity contribution in [2.45, 2.75) is 19.8 Å². The van der Waals surface area contributed by atoms with Crippen LogP contribution in [0, 0.1) is 10.1 Å². The van der Waals surface area contributed by atoms with Crippen molar-refractivity contribution in [1.82, 2.24) is 5.01 Å². The molecule has 4 rings (SSSR count). The maximum Gasteiger partial charge on any atom is 0.282 e. The van der Waals surface area contributed by atoms with E-state index in [1.807, 2.05) is 24.3 Å². The number of benzene rings is 3. The molecule has 0 saturated heterocycles. The van der Waals surface area contributed by atoms with Gasteiger partial charge < -0.3 is 0 Å². The van der Waals surface area contributed by atoms with Gasteiger partial charge in [0, 0.05) is 11.5 Å². The molecular weight excluding hydrogens is 370 g/mol. The number of carbonyl (C=O) groups is 2. The summed E-state index contributed by atoms with van der Waals surface area (Å²) in [5.74, 6) is -0.820. The fourth-order valence-corrected chi connectivity index (χ4v) is 3.42. The van der Waals surface area contributed by atoms with Gasteiger partial charge in [0.15, 0.2) is 0 Å². The number of non-ortho nitro benzene ring substituents is 1. The van der Waals surface area contributed by atoms with Crippen molar-refractivity contribution >= 4 is 34.5 Å². The Morgan fingerprint density at radius 1 is 0.966 bits per heavy atom. The number of hydrogen-bond acceptors (Lipinski definition) is 5. The Morgan fingerprint density at radius 2 is 1.62 bits per heavy atom. The molecule has 29 heavy (non-hydrogen) atoms. The minimum atomic E-state index is -0.608. The minimum Gasteiger partial charge on any atom is -0.267 e. The lowest BCUT2D eigenvalue weighted by atomic mass is 9.94. The van der Waals surface area contributed by atoms with Crippen LogP contribution in [-0.4, -0.2) is 28.0 Å². The molecular formula is C22H17N3O4. The number of carbonyl (C=O) groups excluding carboxylic acids is 2. The summed E-state index contributed by atoms with van der Waals surface area (Å²) in [4.78, 5) is 36.5. The van der Waals surface area contributed by atoms with Crippen LogP contribution >= 0.6 is 0 Å². The van der Waals surface area contributed by atoms with Gasteiger partial charge in [-0.05, 0) is 35.2 Å². The normalized spacial score (nSPS) is 13.7. The van der Waals surface area contributed by atoms with Crippen molar-refractivity contribution in [2.75, 3.05) is 0 Å². The molecule has 2 amide bonds. The number of rotatable bonds is 4. The van der Waals surface area contributed by atoms with Gasteiger partial charge in [-0.3, -0.25) is 19.7 Å². The van der Waals surface area contributed by atoms with Gasteiger partial charge in [0.25, 0.3) is 17.5 Å². The molecule has 0 radical (unpaired) electrons. The first-order valence-electron chi connectivity index (χ1n) is 9.11. The highest BCUT2D eigenvalue weighted by Crippen LogP contribution is 2.35. The van der Waals surface area contributed by atoms with Gasteiger partial charge in [-0.25, -0.2) is 0 Å². The summed E-state index contributed by atoms with van der Waals surface area (Å²) in [6, 6.07) is 15.0. The number of hydrazone groups is 1. The number of nitro groups is 1. The van der Waals surface area contributed by atoms with Crippen molar-refractivity contribution < 1.29 is 14.5 Å². The molecule has 7 nitrogen and oxygen atoms in total. The molecule has 0 aromatic heterocycles. The minimum absolute atomic E-state index is 0.145. The number of hydrogen-bond donors (Lipinski definition) is 0. The summed E-state index contributed by atoms with van der Waals surface area (Å²) in [5, 5.41) is 16.8. The van der Waals surface area contributed by atoms with E-state index in [1.165, 1.54) is 30.0 Å². The summed E-state index contributed by atoms with van der Waals surface area (Å²) in [7, 11) is 0. The van der Waals surface area contributed by atoms with E-state index in [2.05, 4.69) is 18.9 Å². The second-order valence-electron chi connectivity index (χ2n) is 7.11. The largest absolute Gasteiger partial charge is 0.282 e. The quantitative estimate of drug-likeness (QED) is 0.285. The second kappa shape index (κ2) is 6.94. The van der Waals surface area contributed by atoms with E-state index in [4.69, 9.17) is 0 Å². The molecule has 144 valence electrons. The van der Waals surface area contributed by atoms with Crippen LogP contribution in [0.2, 0.25) is 0 Å². The van der Waals surface area contributed by atoms with E-state index in [0.29, 0.717) is 11.3 Å². The molecule has 3 aromatic carbocycles. The fourth-order valence-electron chi connectivity index (χ4n) is 3.42. The molecule has 1 aliphatic rings. The van der Waals surface area contributed by atoms with E-state index in [9.17, 15) is 19.7 Å². The Morgan fingerprint density at radius 3 is 2.24 bits per heavy atom. The van der Waals surface area contributed by atoms with Crippen molar-refractivity contribution in [2.24, 2.45) is 5.10 Å². The zero-order chi connectivity index (χ0) is 20.7. The van der Waals surface area contributed by atoms with Crippen molar-refractivity contribution in [3.8, 4) is 0 Å². The van der Waals surface area contributed by atoms with Gasteiger partial charge in [0.2, 0.25) is 0 Å². The van der Waals surface area contributed by atoms with Gasteiger partial charge in [0.1, 0.15) is 0 Å². The smallest absolute Gasteiger partial charge is 0.267 e. The predicted molar refractivity (Wildman–Crippen MR) is 109 cm³/mol. The third kappa shape index (κ3) is 3.06. The Kier molecular flexibility index (Phi) is 4.43. The average molecular weight is 387 g/mol. The first-order chi connectivity index (χ1) is 13.9. The van der Waals surface area contributed by atoms with Gasteiger partial charge in [0.05, 0.1) is 27.7 Å². The van der Waals surface area contributed by atoms with Gasteiger partial charge in [-0.15, -0.1) is 0 Å². The van der Waals surface area contributed by atoms with Gasteiger partial charge >= 0.3 is 0 Å². The highest BCUT2D eigenvalue weighted by atomic mass is 16.6. The molecule has 0 atom stereocenters. The molecule has 0 bridgehead atoms. The number of nitro benzene ring substituents is 1. The summed E-state index contributed by atoms with van der Waals surface area (Å²) in [6.45, 7) is 4.19. The van der Waals surface area contributed by atoms with Crippen molar-refractivity contribution in [1.29, 1.82) is 0 Å². The lowest BCUT2D eigenvalue weighted by molar-refractivity contribution is -0.383. The fraction of sp³-hybridized carbons (Fsp3) is 0.136. The zero-order valence-corrected chi connectivity index (χ0v) is 15.8. The Balaban J connectivity index is 1.74. The van der Waals surface area contributed by atoms with E-state index in [1.54, 1.807) is 12.1 Å². The van der Waals surface area contributed by atoms with E-state index in [-0.39, 0.29) is 22.2 Å². The molecule has 0 fully saturated rings. The second-order valence-corrected chi connectivity index (χ2v) is 7.11. The molecule has 7 heteroatoms. The lowest BCUT2D eigenvalue weighted by Gasteiger charge is -2.23. The summed E-state index contributed by atoms with van der Waals surface area (Å²) in [5.41, 5.74) is 2.21. The first kappa shape index (κ1) is 18.5. The highest BCUT2D eigenvalue weighted by Gasteiger charge is 2.34. The van der Waals surface area contributed by atoms with Crippen molar-refractivity contribution in [3.63, 3.8) is 0 Å². The molecule has 0 aliphatic carbocycles. The molecule has 0 unspecified atom stereocenters. The Hall–Kier alpha value is -3.87. The summed E-state index contributed by atoms with van der Waals surface area (Å²) >= 11 is 0. The summed E-state index contributed by atoms with van der Waals surface area (Å²) in [6.07, 6.45) is 1.45. The van der Waals surface area contributed by atoms with E-state index in [0.717, 1.165) is 10.6 Å².